The van der Waals surface area contributed by atoms with E-state index >= 15 is 0 Å². The Bertz CT molecular complexity index is 3380. The zero-order valence-electron chi connectivity index (χ0n) is 34.2. The summed E-state index contributed by atoms with van der Waals surface area (Å²) in [5.41, 5.74) is 13.7. The normalized spacial score (nSPS) is 16.1. The summed E-state index contributed by atoms with van der Waals surface area (Å²) in [6.45, 7) is 8.73. The van der Waals surface area contributed by atoms with E-state index in [-0.39, 0.29) is 12.3 Å². The van der Waals surface area contributed by atoms with Gasteiger partial charge in [-0.3, -0.25) is 4.90 Å². The Morgan fingerprint density at radius 3 is 1.80 bits per heavy atom. The number of aromatic nitrogens is 4. The number of benzene rings is 7. The molecule has 12 rings (SSSR count). The van der Waals surface area contributed by atoms with E-state index < -0.39 is 0 Å². The van der Waals surface area contributed by atoms with Crippen LogP contribution in [0.25, 0.3) is 55.1 Å². The summed E-state index contributed by atoms with van der Waals surface area (Å²) in [5.74, 6) is 3.27. The van der Waals surface area contributed by atoms with E-state index in [1.807, 2.05) is 42.5 Å². The molecule has 5 heterocycles. The van der Waals surface area contributed by atoms with Crippen LogP contribution in [-0.4, -0.2) is 32.3 Å². The van der Waals surface area contributed by atoms with Crippen molar-refractivity contribution in [1.82, 2.24) is 19.9 Å². The van der Waals surface area contributed by atoms with Gasteiger partial charge >= 0.3 is 0 Å². The van der Waals surface area contributed by atoms with Crippen molar-refractivity contribution in [1.29, 1.82) is 0 Å². The maximum atomic E-state index is 6.66. The fraction of sp³-hybridized carbons (Fsp3) is 0.115. The minimum absolute atomic E-state index is 0.0894. The average molecular weight is 793 g/mol. The van der Waals surface area contributed by atoms with Gasteiger partial charge in [0.1, 0.15) is 17.9 Å². The van der Waals surface area contributed by atoms with Gasteiger partial charge < -0.3 is 19.1 Å². The van der Waals surface area contributed by atoms with Crippen molar-refractivity contribution >= 4 is 90.0 Å². The molecule has 2 unspecified atom stereocenters. The van der Waals surface area contributed by atoms with Crippen LogP contribution >= 0.6 is 0 Å². The van der Waals surface area contributed by atoms with Crippen LogP contribution in [0.2, 0.25) is 0 Å². The summed E-state index contributed by atoms with van der Waals surface area (Å²) in [4.78, 5) is 30.5. The Morgan fingerprint density at radius 1 is 0.426 bits per heavy atom. The highest BCUT2D eigenvalue weighted by Crippen LogP contribution is 2.51. The third-order valence-corrected chi connectivity index (χ3v) is 12.4. The van der Waals surface area contributed by atoms with Crippen LogP contribution < -0.4 is 19.6 Å². The number of rotatable bonds is 5. The maximum absolute atomic E-state index is 6.66. The minimum atomic E-state index is -0.146. The lowest BCUT2D eigenvalue weighted by atomic mass is 10.0. The first-order valence-electron chi connectivity index (χ1n) is 20.8. The van der Waals surface area contributed by atoms with Gasteiger partial charge in [-0.1, -0.05) is 97.1 Å². The molecule has 10 aromatic rings. The second-order valence-electron chi connectivity index (χ2n) is 16.1. The average Bonchev–Trinajstić information content (AvgIpc) is 3.90. The number of fused-ring (bicyclic) bond motifs is 7. The molecule has 0 saturated carbocycles. The molecule has 0 N–H and O–H groups in total. The van der Waals surface area contributed by atoms with E-state index in [9.17, 15) is 0 Å². The first-order valence-corrected chi connectivity index (χ1v) is 20.8. The van der Waals surface area contributed by atoms with Crippen molar-refractivity contribution in [2.75, 3.05) is 19.6 Å². The maximum Gasteiger partial charge on any atom is 0.179 e. The van der Waals surface area contributed by atoms with Gasteiger partial charge in [0, 0.05) is 27.8 Å². The highest BCUT2D eigenvalue weighted by atomic mass is 16.3. The van der Waals surface area contributed by atoms with Gasteiger partial charge in [-0.25, -0.2) is 19.9 Å². The van der Waals surface area contributed by atoms with Gasteiger partial charge in [0.15, 0.2) is 28.9 Å². The predicted octanol–water partition coefficient (Wildman–Crippen LogP) is 13.0. The zero-order valence-corrected chi connectivity index (χ0v) is 34.2. The standard InChI is InChI=1S/C52H40N8O/c1-31-15-8-12-23-45(31)59-33(3)58(49-51(59)54-42-22-11-10-21-41(42)53-49)38-19-14-16-35(29-38)36-26-28-43-44(30-36)56-52-50(55-43)57(37-17-6-5-7-18-37)34(4)60(52)47-32(2)25-27-40-39-20-9-13-24-46(39)61-48(40)47/h5-30,33-34H,1-4H3. The van der Waals surface area contributed by atoms with Crippen LogP contribution in [0, 0.1) is 13.8 Å². The topological polar surface area (TPSA) is 77.7 Å². The molecule has 0 fully saturated rings. The van der Waals surface area contributed by atoms with Crippen LogP contribution in [0.3, 0.4) is 0 Å². The van der Waals surface area contributed by atoms with E-state index in [1.165, 1.54) is 5.56 Å². The largest absolute Gasteiger partial charge is 0.454 e. The van der Waals surface area contributed by atoms with Crippen molar-refractivity contribution < 1.29 is 4.42 Å². The van der Waals surface area contributed by atoms with Gasteiger partial charge in [0.05, 0.1) is 27.8 Å². The minimum Gasteiger partial charge on any atom is -0.454 e. The molecule has 0 bridgehead atoms. The SMILES string of the molecule is Cc1ccccc1N1c2nc3ccccc3nc2N(c2cccc(-c3ccc4nc5c(nc4c3)N(c3c(C)ccc4c3oc3ccccc34)C(C)N5c3ccccc3)c2)C1C. The molecule has 3 aromatic heterocycles. The summed E-state index contributed by atoms with van der Waals surface area (Å²) in [5, 5.41) is 2.17. The second kappa shape index (κ2) is 13.4. The van der Waals surface area contributed by atoms with E-state index in [2.05, 4.69) is 163 Å². The van der Waals surface area contributed by atoms with E-state index in [1.54, 1.807) is 0 Å². The highest BCUT2D eigenvalue weighted by molar-refractivity contribution is 6.11. The lowest BCUT2D eigenvalue weighted by molar-refractivity contribution is 0.662. The quantitative estimate of drug-likeness (QED) is 0.169. The smallest absolute Gasteiger partial charge is 0.179 e. The Labute approximate surface area is 352 Å². The van der Waals surface area contributed by atoms with Crippen LogP contribution in [0.5, 0.6) is 0 Å². The number of anilines is 8. The molecular formula is C52H40N8O. The summed E-state index contributed by atoms with van der Waals surface area (Å²) in [7, 11) is 0. The fourth-order valence-corrected chi connectivity index (χ4v) is 9.50. The van der Waals surface area contributed by atoms with E-state index in [0.717, 1.165) is 107 Å². The van der Waals surface area contributed by atoms with Crippen LogP contribution in [0.1, 0.15) is 25.0 Å². The Kier molecular flexibility index (Phi) is 7.71. The van der Waals surface area contributed by atoms with Crippen molar-refractivity contribution in [3.63, 3.8) is 0 Å². The number of hydrogen-bond acceptors (Lipinski definition) is 9. The molecule has 2 atom stereocenters. The molecule has 61 heavy (non-hydrogen) atoms. The van der Waals surface area contributed by atoms with Gasteiger partial charge in [0.25, 0.3) is 0 Å². The monoisotopic (exact) mass is 792 g/mol. The molecule has 9 heteroatoms. The summed E-state index contributed by atoms with van der Waals surface area (Å²) in [6, 6.07) is 54.7. The number of furan rings is 1. The first kappa shape index (κ1) is 35.2. The fourth-order valence-electron chi connectivity index (χ4n) is 9.50. The van der Waals surface area contributed by atoms with E-state index in [4.69, 9.17) is 24.4 Å². The molecule has 7 aromatic carbocycles. The molecule has 0 amide bonds. The molecule has 0 aliphatic carbocycles. The molecule has 2 aliphatic rings. The molecule has 0 radical (unpaired) electrons. The summed E-state index contributed by atoms with van der Waals surface area (Å²) in [6.07, 6.45) is -0.235. The van der Waals surface area contributed by atoms with Gasteiger partial charge in [-0.15, -0.1) is 0 Å². The number of hydrogen-bond donors (Lipinski definition) is 0. The van der Waals surface area contributed by atoms with Crippen LogP contribution in [0.15, 0.2) is 162 Å². The summed E-state index contributed by atoms with van der Waals surface area (Å²) < 4.78 is 6.66. The number of para-hydroxylation sites is 5. The van der Waals surface area contributed by atoms with Gasteiger partial charge in [-0.05, 0) is 111 Å². The Balaban J connectivity index is 0.993. The highest BCUT2D eigenvalue weighted by Gasteiger charge is 2.41. The molecule has 9 nitrogen and oxygen atoms in total. The van der Waals surface area contributed by atoms with Gasteiger partial charge in [0.2, 0.25) is 0 Å². The molecular weight excluding hydrogens is 753 g/mol. The van der Waals surface area contributed by atoms with Crippen LogP contribution in [-0.2, 0) is 0 Å². The lowest BCUT2D eigenvalue weighted by Crippen LogP contribution is -2.36. The third-order valence-electron chi connectivity index (χ3n) is 12.4. The Morgan fingerprint density at radius 2 is 1.02 bits per heavy atom. The van der Waals surface area contributed by atoms with E-state index in [0.29, 0.717) is 0 Å². The van der Waals surface area contributed by atoms with Crippen molar-refractivity contribution in [3.05, 3.63) is 169 Å². The van der Waals surface area contributed by atoms with Gasteiger partial charge in [-0.2, -0.15) is 0 Å². The first-order chi connectivity index (χ1) is 29.9. The van der Waals surface area contributed by atoms with Crippen molar-refractivity contribution in [2.24, 2.45) is 0 Å². The predicted molar refractivity (Wildman–Crippen MR) is 248 cm³/mol. The lowest BCUT2D eigenvalue weighted by Gasteiger charge is -2.30. The van der Waals surface area contributed by atoms with Crippen molar-refractivity contribution in [3.8, 4) is 11.1 Å². The second-order valence-corrected chi connectivity index (χ2v) is 16.1. The molecule has 294 valence electrons. The van der Waals surface area contributed by atoms with Crippen molar-refractivity contribution in [2.45, 2.75) is 40.0 Å². The molecule has 2 aliphatic heterocycles. The third kappa shape index (κ3) is 5.33. The molecule has 0 spiro atoms. The Hall–Kier alpha value is -7.78. The number of nitrogens with zero attached hydrogens (tertiary/aromatic N) is 8. The summed E-state index contributed by atoms with van der Waals surface area (Å²) >= 11 is 0. The number of aryl methyl sites for hydroxylation is 2. The zero-order chi connectivity index (χ0) is 40.9. The molecule has 0 saturated heterocycles. The van der Waals surface area contributed by atoms with Crippen LogP contribution in [0.4, 0.5) is 46.0 Å².